The van der Waals surface area contributed by atoms with Crippen LogP contribution in [0.15, 0.2) is 67.0 Å². The Morgan fingerprint density at radius 3 is 2.58 bits per heavy atom. The molecular weight excluding hydrogens is 390 g/mol. The molecule has 2 aromatic carbocycles. The van der Waals surface area contributed by atoms with Gasteiger partial charge in [-0.1, -0.05) is 24.3 Å². The van der Waals surface area contributed by atoms with Crippen molar-refractivity contribution >= 4 is 23.1 Å². The highest BCUT2D eigenvalue weighted by molar-refractivity contribution is 6.09. The first-order valence-corrected chi connectivity index (χ1v) is 10.5. The number of pyridine rings is 1. The molecule has 0 spiro atoms. The maximum Gasteiger partial charge on any atom is 0.263 e. The van der Waals surface area contributed by atoms with Crippen molar-refractivity contribution in [2.75, 3.05) is 22.9 Å². The summed E-state index contributed by atoms with van der Waals surface area (Å²) < 4.78 is 6.02. The van der Waals surface area contributed by atoms with Crippen molar-refractivity contribution in [2.24, 2.45) is 0 Å². The molecule has 1 aromatic heterocycles. The van der Waals surface area contributed by atoms with Gasteiger partial charge in [-0.15, -0.1) is 0 Å². The van der Waals surface area contributed by atoms with Crippen molar-refractivity contribution in [2.45, 2.75) is 25.8 Å². The van der Waals surface area contributed by atoms with Gasteiger partial charge in [0.05, 0.1) is 11.4 Å². The minimum atomic E-state index is -0.145. The number of fused-ring (bicyclic) bond motifs is 1. The lowest BCUT2D eigenvalue weighted by molar-refractivity contribution is 0.0981. The van der Waals surface area contributed by atoms with Gasteiger partial charge in [0.1, 0.15) is 17.1 Å². The Bertz CT molecular complexity index is 1160. The first-order valence-electron chi connectivity index (χ1n) is 10.5. The molecule has 2 heterocycles. The number of benzene rings is 2. The van der Waals surface area contributed by atoms with Crippen LogP contribution in [-0.4, -0.2) is 35.8 Å². The highest BCUT2D eigenvalue weighted by atomic mass is 16.5. The molecule has 6 heteroatoms. The molecule has 1 amide bonds. The van der Waals surface area contributed by atoms with Gasteiger partial charge in [0.25, 0.3) is 5.91 Å². The molecular formula is C25H23N3O3. The number of amides is 1. The van der Waals surface area contributed by atoms with Crippen LogP contribution in [0.1, 0.15) is 40.5 Å². The Balaban J connectivity index is 1.46. The standard InChI is InChI=1S/C25H23N3O3/c1-17(29)18-5-4-6-20(15-18)31-24-11-12-26-16-21(24)25(30)28-14-13-27(19-9-10-19)22-7-2-3-8-23(22)28/h2-8,11-12,15-16,19H,9-10,13-14H2,1H3. The second kappa shape index (κ2) is 7.87. The Kier molecular flexibility index (Phi) is 4.90. The topological polar surface area (TPSA) is 62.7 Å². The molecule has 1 aliphatic heterocycles. The fraction of sp³-hybridized carbons (Fsp3) is 0.240. The van der Waals surface area contributed by atoms with Gasteiger partial charge in [-0.2, -0.15) is 0 Å². The van der Waals surface area contributed by atoms with Crippen LogP contribution in [0.5, 0.6) is 11.5 Å². The molecule has 0 radical (unpaired) electrons. The summed E-state index contributed by atoms with van der Waals surface area (Å²) in [6.45, 7) is 2.93. The Labute approximate surface area is 181 Å². The predicted octanol–water partition coefficient (Wildman–Crippen LogP) is 4.71. The number of ether oxygens (including phenoxy) is 1. The van der Waals surface area contributed by atoms with E-state index in [-0.39, 0.29) is 11.7 Å². The molecule has 0 N–H and O–H groups in total. The molecule has 1 saturated carbocycles. The van der Waals surface area contributed by atoms with Crippen molar-refractivity contribution in [1.82, 2.24) is 4.98 Å². The quantitative estimate of drug-likeness (QED) is 0.567. The van der Waals surface area contributed by atoms with Crippen molar-refractivity contribution < 1.29 is 14.3 Å². The van der Waals surface area contributed by atoms with E-state index < -0.39 is 0 Å². The highest BCUT2D eigenvalue weighted by Crippen LogP contribution is 2.40. The number of para-hydroxylation sites is 2. The number of anilines is 2. The highest BCUT2D eigenvalue weighted by Gasteiger charge is 2.36. The minimum Gasteiger partial charge on any atom is -0.456 e. The van der Waals surface area contributed by atoms with Crippen molar-refractivity contribution in [3.8, 4) is 11.5 Å². The third kappa shape index (κ3) is 3.77. The van der Waals surface area contributed by atoms with Crippen LogP contribution in [0.3, 0.4) is 0 Å². The third-order valence-corrected chi connectivity index (χ3v) is 5.76. The van der Waals surface area contributed by atoms with Gasteiger partial charge in [0.2, 0.25) is 0 Å². The molecule has 2 aliphatic rings. The van der Waals surface area contributed by atoms with E-state index in [1.165, 1.54) is 19.8 Å². The van der Waals surface area contributed by atoms with E-state index in [1.807, 2.05) is 23.1 Å². The van der Waals surface area contributed by atoms with Crippen LogP contribution < -0.4 is 14.5 Å². The van der Waals surface area contributed by atoms with Crippen LogP contribution in [0.2, 0.25) is 0 Å². The predicted molar refractivity (Wildman–Crippen MR) is 119 cm³/mol. The number of nitrogens with zero attached hydrogens (tertiary/aromatic N) is 3. The summed E-state index contributed by atoms with van der Waals surface area (Å²) in [5.41, 5.74) is 2.97. The number of ketones is 1. The van der Waals surface area contributed by atoms with E-state index in [1.54, 1.807) is 42.7 Å². The van der Waals surface area contributed by atoms with Gasteiger partial charge in [-0.25, -0.2) is 0 Å². The van der Waals surface area contributed by atoms with Gasteiger partial charge in [0, 0.05) is 37.1 Å². The van der Waals surface area contributed by atoms with Gasteiger partial charge < -0.3 is 14.5 Å². The Morgan fingerprint density at radius 2 is 1.81 bits per heavy atom. The van der Waals surface area contributed by atoms with E-state index in [4.69, 9.17) is 4.74 Å². The Hall–Kier alpha value is -3.67. The molecule has 1 fully saturated rings. The number of carbonyl (C=O) groups excluding carboxylic acids is 2. The first kappa shape index (κ1) is 19.3. The average molecular weight is 413 g/mol. The lowest BCUT2D eigenvalue weighted by atomic mass is 10.1. The summed E-state index contributed by atoms with van der Waals surface area (Å²) >= 11 is 0. The molecule has 5 rings (SSSR count). The van der Waals surface area contributed by atoms with Gasteiger partial charge in [-0.05, 0) is 50.1 Å². The van der Waals surface area contributed by atoms with Crippen LogP contribution in [0.4, 0.5) is 11.4 Å². The maximum absolute atomic E-state index is 13.6. The van der Waals surface area contributed by atoms with E-state index in [9.17, 15) is 9.59 Å². The second-order valence-electron chi connectivity index (χ2n) is 7.93. The summed E-state index contributed by atoms with van der Waals surface area (Å²) in [4.78, 5) is 33.7. The lowest BCUT2D eigenvalue weighted by Crippen LogP contribution is -2.45. The zero-order valence-corrected chi connectivity index (χ0v) is 17.3. The zero-order chi connectivity index (χ0) is 21.4. The molecule has 0 bridgehead atoms. The maximum atomic E-state index is 13.6. The SMILES string of the molecule is CC(=O)c1cccc(Oc2ccncc2C(=O)N2CCN(C3CC3)c3ccccc32)c1. The van der Waals surface area contributed by atoms with Gasteiger partial charge >= 0.3 is 0 Å². The number of hydrogen-bond acceptors (Lipinski definition) is 5. The Morgan fingerprint density at radius 1 is 1.00 bits per heavy atom. The summed E-state index contributed by atoms with van der Waals surface area (Å²) in [6, 6.07) is 17.3. The number of carbonyl (C=O) groups is 2. The van der Waals surface area contributed by atoms with Crippen molar-refractivity contribution in [3.05, 3.63) is 78.1 Å². The van der Waals surface area contributed by atoms with Crippen LogP contribution in [0.25, 0.3) is 0 Å². The normalized spacial score (nSPS) is 15.4. The van der Waals surface area contributed by atoms with Crippen LogP contribution in [0, 0.1) is 0 Å². The molecule has 0 unspecified atom stereocenters. The number of hydrogen-bond donors (Lipinski definition) is 0. The molecule has 156 valence electrons. The fourth-order valence-corrected chi connectivity index (χ4v) is 4.04. The second-order valence-corrected chi connectivity index (χ2v) is 7.93. The number of rotatable bonds is 5. The third-order valence-electron chi connectivity index (χ3n) is 5.76. The van der Waals surface area contributed by atoms with E-state index in [0.29, 0.717) is 35.2 Å². The fourth-order valence-electron chi connectivity index (χ4n) is 4.04. The smallest absolute Gasteiger partial charge is 0.263 e. The molecule has 0 saturated heterocycles. The van der Waals surface area contributed by atoms with Crippen molar-refractivity contribution in [1.29, 1.82) is 0 Å². The molecule has 6 nitrogen and oxygen atoms in total. The molecule has 31 heavy (non-hydrogen) atoms. The minimum absolute atomic E-state index is 0.0402. The van der Waals surface area contributed by atoms with Gasteiger partial charge in [0.15, 0.2) is 5.78 Å². The summed E-state index contributed by atoms with van der Waals surface area (Å²) in [5, 5.41) is 0. The summed E-state index contributed by atoms with van der Waals surface area (Å²) in [5.74, 6) is 0.741. The lowest BCUT2D eigenvalue weighted by Gasteiger charge is -2.38. The zero-order valence-electron chi connectivity index (χ0n) is 17.3. The first-order chi connectivity index (χ1) is 15.1. The van der Waals surface area contributed by atoms with Crippen LogP contribution >= 0.6 is 0 Å². The van der Waals surface area contributed by atoms with Gasteiger partial charge in [-0.3, -0.25) is 14.6 Å². The number of aromatic nitrogens is 1. The summed E-state index contributed by atoms with van der Waals surface area (Å²) in [7, 11) is 0. The monoisotopic (exact) mass is 413 g/mol. The molecule has 3 aromatic rings. The van der Waals surface area contributed by atoms with Crippen LogP contribution in [-0.2, 0) is 0 Å². The largest absolute Gasteiger partial charge is 0.456 e. The van der Waals surface area contributed by atoms with E-state index in [2.05, 4.69) is 16.0 Å². The summed E-state index contributed by atoms with van der Waals surface area (Å²) in [6.07, 6.45) is 5.56. The van der Waals surface area contributed by atoms with E-state index in [0.717, 1.165) is 17.9 Å². The van der Waals surface area contributed by atoms with Crippen molar-refractivity contribution in [3.63, 3.8) is 0 Å². The van der Waals surface area contributed by atoms with E-state index >= 15 is 0 Å². The average Bonchev–Trinajstić information content (AvgIpc) is 3.64. The molecule has 0 atom stereocenters. The molecule has 1 aliphatic carbocycles. The number of Topliss-reactive ketones (excluding diaryl/α,β-unsaturated/α-hetero) is 1.